The van der Waals surface area contributed by atoms with E-state index in [0.29, 0.717) is 12.3 Å². The molecule has 2 rings (SSSR count). The van der Waals surface area contributed by atoms with Gasteiger partial charge in [0.25, 0.3) is 0 Å². The molecule has 2 aliphatic carbocycles. The Labute approximate surface area is 85.4 Å². The van der Waals surface area contributed by atoms with E-state index < -0.39 is 0 Å². The van der Waals surface area contributed by atoms with Crippen molar-refractivity contribution in [3.05, 3.63) is 0 Å². The van der Waals surface area contributed by atoms with Gasteiger partial charge < -0.3 is 11.1 Å². The molecule has 2 saturated carbocycles. The van der Waals surface area contributed by atoms with E-state index >= 15 is 0 Å². The molecule has 3 N–H and O–H groups in total. The molecule has 3 nitrogen and oxygen atoms in total. The van der Waals surface area contributed by atoms with Crippen molar-refractivity contribution in [1.29, 1.82) is 0 Å². The first-order valence-corrected chi connectivity index (χ1v) is 5.78. The fourth-order valence-corrected chi connectivity index (χ4v) is 1.93. The van der Waals surface area contributed by atoms with Crippen molar-refractivity contribution < 1.29 is 4.79 Å². The topological polar surface area (TPSA) is 55.1 Å². The lowest BCUT2D eigenvalue weighted by Crippen LogP contribution is -2.36. The van der Waals surface area contributed by atoms with Gasteiger partial charge in [0, 0.05) is 19.0 Å². The third-order valence-corrected chi connectivity index (χ3v) is 3.46. The minimum Gasteiger partial charge on any atom is -0.356 e. The molecule has 0 spiro atoms. The van der Waals surface area contributed by atoms with Crippen LogP contribution in [0.15, 0.2) is 0 Å². The van der Waals surface area contributed by atoms with Crippen molar-refractivity contribution in [3.63, 3.8) is 0 Å². The predicted molar refractivity (Wildman–Crippen MR) is 55.7 cm³/mol. The number of rotatable bonds is 5. The molecule has 0 aromatic carbocycles. The summed E-state index contributed by atoms with van der Waals surface area (Å²) in [6, 6.07) is 0.108. The van der Waals surface area contributed by atoms with Gasteiger partial charge in [0.2, 0.25) is 5.91 Å². The van der Waals surface area contributed by atoms with Crippen LogP contribution in [0, 0.1) is 11.8 Å². The Morgan fingerprint density at radius 1 is 1.36 bits per heavy atom. The third kappa shape index (κ3) is 2.71. The molecule has 0 radical (unpaired) electrons. The van der Waals surface area contributed by atoms with Gasteiger partial charge in [-0.15, -0.1) is 0 Å². The lowest BCUT2D eigenvalue weighted by molar-refractivity contribution is -0.121. The quantitative estimate of drug-likeness (QED) is 0.690. The smallest absolute Gasteiger partial charge is 0.221 e. The van der Waals surface area contributed by atoms with Crippen LogP contribution < -0.4 is 11.1 Å². The molecule has 0 aromatic heterocycles. The second kappa shape index (κ2) is 4.30. The average molecular weight is 196 g/mol. The number of nitrogens with two attached hydrogens (primary N) is 1. The first kappa shape index (κ1) is 9.97. The highest BCUT2D eigenvalue weighted by molar-refractivity contribution is 5.76. The van der Waals surface area contributed by atoms with Crippen LogP contribution in [0.5, 0.6) is 0 Å². The van der Waals surface area contributed by atoms with Gasteiger partial charge >= 0.3 is 0 Å². The molecule has 0 aliphatic heterocycles. The molecule has 1 atom stereocenters. The molecule has 1 unspecified atom stereocenters. The number of amides is 1. The number of nitrogens with one attached hydrogen (secondary N) is 1. The summed E-state index contributed by atoms with van der Waals surface area (Å²) >= 11 is 0. The van der Waals surface area contributed by atoms with Crippen LogP contribution in [0.1, 0.15) is 38.5 Å². The summed E-state index contributed by atoms with van der Waals surface area (Å²) in [5.74, 6) is 1.52. The Hall–Kier alpha value is -0.570. The lowest BCUT2D eigenvalue weighted by Gasteiger charge is -2.25. The van der Waals surface area contributed by atoms with Crippen LogP contribution in [-0.2, 0) is 4.79 Å². The van der Waals surface area contributed by atoms with E-state index in [9.17, 15) is 4.79 Å². The highest BCUT2D eigenvalue weighted by Crippen LogP contribution is 2.32. The minimum atomic E-state index is 0.108. The fraction of sp³-hybridized carbons (Fsp3) is 0.909. The van der Waals surface area contributed by atoms with Crippen LogP contribution in [0.4, 0.5) is 0 Å². The van der Waals surface area contributed by atoms with Crippen LogP contribution in [0.2, 0.25) is 0 Å². The average Bonchev–Trinajstić information content (AvgIpc) is 2.82. The molecule has 80 valence electrons. The van der Waals surface area contributed by atoms with E-state index in [-0.39, 0.29) is 11.9 Å². The zero-order chi connectivity index (χ0) is 9.97. The zero-order valence-electron chi connectivity index (χ0n) is 8.67. The van der Waals surface area contributed by atoms with Crippen LogP contribution in [0.25, 0.3) is 0 Å². The molecule has 0 saturated heterocycles. The van der Waals surface area contributed by atoms with Gasteiger partial charge in [-0.1, -0.05) is 6.42 Å². The Balaban J connectivity index is 1.57. The van der Waals surface area contributed by atoms with Crippen molar-refractivity contribution in [1.82, 2.24) is 5.32 Å². The van der Waals surface area contributed by atoms with Gasteiger partial charge in [-0.2, -0.15) is 0 Å². The van der Waals surface area contributed by atoms with Gasteiger partial charge in [0.15, 0.2) is 0 Å². The molecule has 3 heteroatoms. The maximum absolute atomic E-state index is 11.4. The Morgan fingerprint density at radius 3 is 2.57 bits per heavy atom. The maximum Gasteiger partial charge on any atom is 0.221 e. The monoisotopic (exact) mass is 196 g/mol. The molecule has 14 heavy (non-hydrogen) atoms. The summed E-state index contributed by atoms with van der Waals surface area (Å²) in [5.41, 5.74) is 5.87. The predicted octanol–water partition coefficient (Wildman–Crippen LogP) is 1.03. The SMILES string of the molecule is NC(CC(=O)NCC1CCC1)C1CC1. The molecule has 2 aliphatic rings. The standard InChI is InChI=1S/C11H20N2O/c12-10(9-4-5-9)6-11(14)13-7-8-2-1-3-8/h8-10H,1-7,12H2,(H,13,14). The summed E-state index contributed by atoms with van der Waals surface area (Å²) in [4.78, 5) is 11.4. The number of carbonyl (C=O) groups excluding carboxylic acids is 1. The first-order valence-electron chi connectivity index (χ1n) is 5.78. The van der Waals surface area contributed by atoms with Crippen LogP contribution in [0.3, 0.4) is 0 Å². The molecule has 1 amide bonds. The maximum atomic E-state index is 11.4. The Morgan fingerprint density at radius 2 is 2.07 bits per heavy atom. The first-order chi connectivity index (χ1) is 6.75. The van der Waals surface area contributed by atoms with Gasteiger partial charge in [-0.3, -0.25) is 4.79 Å². The molecule has 0 heterocycles. The molecular weight excluding hydrogens is 176 g/mol. The van der Waals surface area contributed by atoms with Gasteiger partial charge in [-0.05, 0) is 37.5 Å². The van der Waals surface area contributed by atoms with Gasteiger partial charge in [0.1, 0.15) is 0 Å². The summed E-state index contributed by atoms with van der Waals surface area (Å²) < 4.78 is 0. The molecule has 0 bridgehead atoms. The summed E-state index contributed by atoms with van der Waals surface area (Å²) in [7, 11) is 0. The van der Waals surface area contributed by atoms with E-state index in [0.717, 1.165) is 12.5 Å². The van der Waals surface area contributed by atoms with Crippen molar-refractivity contribution in [2.75, 3.05) is 6.54 Å². The van der Waals surface area contributed by atoms with Crippen molar-refractivity contribution in [2.24, 2.45) is 17.6 Å². The molecule has 0 aromatic rings. The van der Waals surface area contributed by atoms with E-state index in [1.165, 1.54) is 32.1 Å². The fourth-order valence-electron chi connectivity index (χ4n) is 1.93. The normalized spacial score (nSPS) is 24.1. The largest absolute Gasteiger partial charge is 0.356 e. The van der Waals surface area contributed by atoms with Crippen LogP contribution >= 0.6 is 0 Å². The number of hydrogen-bond donors (Lipinski definition) is 2. The van der Waals surface area contributed by atoms with Crippen molar-refractivity contribution in [2.45, 2.75) is 44.6 Å². The Kier molecular flexibility index (Phi) is 3.06. The van der Waals surface area contributed by atoms with E-state index in [4.69, 9.17) is 5.73 Å². The third-order valence-electron chi connectivity index (χ3n) is 3.46. The molecule has 2 fully saturated rings. The Bertz CT molecular complexity index is 209. The summed E-state index contributed by atoms with van der Waals surface area (Å²) in [5, 5.41) is 2.98. The van der Waals surface area contributed by atoms with Crippen molar-refractivity contribution in [3.8, 4) is 0 Å². The second-order valence-corrected chi connectivity index (χ2v) is 4.81. The second-order valence-electron chi connectivity index (χ2n) is 4.81. The summed E-state index contributed by atoms with van der Waals surface area (Å²) in [6.45, 7) is 0.871. The van der Waals surface area contributed by atoms with E-state index in [1.807, 2.05) is 0 Å². The highest BCUT2D eigenvalue weighted by atomic mass is 16.1. The molecular formula is C11H20N2O. The zero-order valence-corrected chi connectivity index (χ0v) is 8.67. The number of hydrogen-bond acceptors (Lipinski definition) is 2. The van der Waals surface area contributed by atoms with E-state index in [2.05, 4.69) is 5.32 Å². The van der Waals surface area contributed by atoms with Crippen molar-refractivity contribution >= 4 is 5.91 Å². The lowest BCUT2D eigenvalue weighted by atomic mass is 9.85. The highest BCUT2D eigenvalue weighted by Gasteiger charge is 2.29. The minimum absolute atomic E-state index is 0.108. The van der Waals surface area contributed by atoms with Crippen LogP contribution in [-0.4, -0.2) is 18.5 Å². The number of carbonyl (C=O) groups is 1. The van der Waals surface area contributed by atoms with Gasteiger partial charge in [0.05, 0.1) is 0 Å². The van der Waals surface area contributed by atoms with Gasteiger partial charge in [-0.25, -0.2) is 0 Å². The summed E-state index contributed by atoms with van der Waals surface area (Å²) in [6.07, 6.45) is 6.87. The van der Waals surface area contributed by atoms with E-state index in [1.54, 1.807) is 0 Å².